The molecule has 0 atom stereocenters. The second-order valence-electron chi connectivity index (χ2n) is 8.01. The molecule has 5 nitrogen and oxygen atoms in total. The lowest BCUT2D eigenvalue weighted by Crippen LogP contribution is -2.39. The summed E-state index contributed by atoms with van der Waals surface area (Å²) in [6.07, 6.45) is 0.473. The first-order chi connectivity index (χ1) is 15.6. The van der Waals surface area contributed by atoms with Gasteiger partial charge in [-0.2, -0.15) is 4.31 Å². The van der Waals surface area contributed by atoms with Gasteiger partial charge >= 0.3 is 0 Å². The van der Waals surface area contributed by atoms with Crippen LogP contribution in [-0.4, -0.2) is 31.7 Å². The number of rotatable bonds is 8. The van der Waals surface area contributed by atoms with E-state index in [2.05, 4.69) is 5.32 Å². The minimum atomic E-state index is -3.93. The quantitative estimate of drug-likeness (QED) is 0.422. The summed E-state index contributed by atoms with van der Waals surface area (Å²) in [6.45, 7) is 5.29. The SMILES string of the molecule is Cc1cc(C)c(S(=O)(=O)N(CCc2ccccc2)CC(=O)Nc2cc(Cl)cc(Cl)c2)c(C)c1. The van der Waals surface area contributed by atoms with E-state index in [1.54, 1.807) is 32.0 Å². The van der Waals surface area contributed by atoms with Gasteiger partial charge in [0.1, 0.15) is 0 Å². The maximum absolute atomic E-state index is 13.7. The molecule has 0 saturated heterocycles. The molecular weight excluding hydrogens is 479 g/mol. The Hall–Kier alpha value is -2.38. The zero-order valence-electron chi connectivity index (χ0n) is 18.7. The van der Waals surface area contributed by atoms with Gasteiger partial charge in [0.2, 0.25) is 15.9 Å². The summed E-state index contributed by atoms with van der Waals surface area (Å²) in [4.78, 5) is 13.1. The van der Waals surface area contributed by atoms with Crippen molar-refractivity contribution < 1.29 is 13.2 Å². The average molecular weight is 505 g/mol. The van der Waals surface area contributed by atoms with E-state index in [0.717, 1.165) is 11.1 Å². The summed E-state index contributed by atoms with van der Waals surface area (Å²) in [5, 5.41) is 3.45. The van der Waals surface area contributed by atoms with Crippen LogP contribution in [0.4, 0.5) is 5.69 Å². The van der Waals surface area contributed by atoms with Gasteiger partial charge in [0.05, 0.1) is 11.4 Å². The molecule has 0 heterocycles. The summed E-state index contributed by atoms with van der Waals surface area (Å²) in [5.41, 5.74) is 3.67. The largest absolute Gasteiger partial charge is 0.325 e. The van der Waals surface area contributed by atoms with Crippen LogP contribution in [0.2, 0.25) is 10.0 Å². The first-order valence-corrected chi connectivity index (χ1v) is 12.6. The number of amides is 1. The summed E-state index contributed by atoms with van der Waals surface area (Å²) in [7, 11) is -3.93. The highest BCUT2D eigenvalue weighted by Crippen LogP contribution is 2.26. The molecule has 0 spiro atoms. The molecule has 0 saturated carbocycles. The number of hydrogen-bond acceptors (Lipinski definition) is 3. The number of carbonyl (C=O) groups excluding carboxylic acids is 1. The predicted octanol–water partition coefficient (Wildman–Crippen LogP) is 5.79. The van der Waals surface area contributed by atoms with Crippen LogP contribution in [0.15, 0.2) is 65.6 Å². The Morgan fingerprint density at radius 3 is 2.06 bits per heavy atom. The van der Waals surface area contributed by atoms with Crippen molar-refractivity contribution in [2.45, 2.75) is 32.1 Å². The number of aryl methyl sites for hydroxylation is 3. The van der Waals surface area contributed by atoms with Crippen molar-refractivity contribution in [1.82, 2.24) is 4.31 Å². The number of benzene rings is 3. The Bertz CT molecular complexity index is 1220. The van der Waals surface area contributed by atoms with Gasteiger partial charge in [0.15, 0.2) is 0 Å². The fraction of sp³-hybridized carbons (Fsp3) is 0.240. The van der Waals surface area contributed by atoms with Gasteiger partial charge in [0.25, 0.3) is 0 Å². The Morgan fingerprint density at radius 1 is 0.909 bits per heavy atom. The third kappa shape index (κ3) is 6.58. The van der Waals surface area contributed by atoms with Crippen LogP contribution in [0.1, 0.15) is 22.3 Å². The molecule has 3 aromatic rings. The van der Waals surface area contributed by atoms with Gasteiger partial charge in [-0.3, -0.25) is 4.79 Å². The zero-order valence-corrected chi connectivity index (χ0v) is 21.1. The molecule has 174 valence electrons. The fourth-order valence-corrected chi connectivity index (χ4v) is 6.21. The Morgan fingerprint density at radius 2 is 1.48 bits per heavy atom. The van der Waals surface area contributed by atoms with Gasteiger partial charge in [0, 0.05) is 22.3 Å². The highest BCUT2D eigenvalue weighted by molar-refractivity contribution is 7.89. The molecule has 0 aliphatic carbocycles. The molecule has 33 heavy (non-hydrogen) atoms. The van der Waals surface area contributed by atoms with Crippen molar-refractivity contribution in [3.63, 3.8) is 0 Å². The molecule has 0 unspecified atom stereocenters. The van der Waals surface area contributed by atoms with Crippen molar-refractivity contribution in [3.8, 4) is 0 Å². The van der Waals surface area contributed by atoms with E-state index in [4.69, 9.17) is 23.2 Å². The molecule has 3 aromatic carbocycles. The van der Waals surface area contributed by atoms with Gasteiger partial charge in [-0.1, -0.05) is 71.2 Å². The molecular formula is C25H26Cl2N2O3S. The van der Waals surface area contributed by atoms with Crippen LogP contribution in [0.5, 0.6) is 0 Å². The number of nitrogens with zero attached hydrogens (tertiary/aromatic N) is 1. The third-order valence-electron chi connectivity index (χ3n) is 5.16. The standard InChI is InChI=1S/C25H26Cl2N2O3S/c1-17-11-18(2)25(19(3)12-17)33(31,32)29(10-9-20-7-5-4-6-8-20)16-24(30)28-23-14-21(26)13-22(27)15-23/h4-8,11-15H,9-10,16H2,1-3H3,(H,28,30). The summed E-state index contributed by atoms with van der Waals surface area (Å²) in [6, 6.07) is 17.9. The van der Waals surface area contributed by atoms with Crippen LogP contribution in [0.3, 0.4) is 0 Å². The Labute approximate surface area is 205 Å². The number of nitrogens with one attached hydrogen (secondary N) is 1. The van der Waals surface area contributed by atoms with Crippen molar-refractivity contribution in [1.29, 1.82) is 0 Å². The molecule has 0 bridgehead atoms. The minimum absolute atomic E-state index is 0.156. The predicted molar refractivity (Wildman–Crippen MR) is 135 cm³/mol. The monoisotopic (exact) mass is 504 g/mol. The Balaban J connectivity index is 1.91. The molecule has 1 amide bonds. The van der Waals surface area contributed by atoms with Crippen molar-refractivity contribution in [2.75, 3.05) is 18.4 Å². The number of anilines is 1. The molecule has 0 aliphatic rings. The van der Waals surface area contributed by atoms with Crippen LogP contribution >= 0.6 is 23.2 Å². The van der Waals surface area contributed by atoms with Gasteiger partial charge in [-0.15, -0.1) is 0 Å². The maximum atomic E-state index is 13.7. The summed E-state index contributed by atoms with van der Waals surface area (Å²) in [5.74, 6) is -0.479. The second kappa shape index (κ2) is 10.7. The van der Waals surface area contributed by atoms with E-state index in [-0.39, 0.29) is 18.0 Å². The summed E-state index contributed by atoms with van der Waals surface area (Å²) < 4.78 is 28.6. The van der Waals surface area contributed by atoms with Crippen molar-refractivity contribution in [3.05, 3.63) is 93.0 Å². The lowest BCUT2D eigenvalue weighted by Gasteiger charge is -2.24. The third-order valence-corrected chi connectivity index (χ3v) is 7.75. The second-order valence-corrected chi connectivity index (χ2v) is 10.8. The molecule has 8 heteroatoms. The van der Waals surface area contributed by atoms with Crippen LogP contribution in [0.25, 0.3) is 0 Å². The minimum Gasteiger partial charge on any atom is -0.325 e. The fourth-order valence-electron chi connectivity index (χ4n) is 3.87. The average Bonchev–Trinajstić information content (AvgIpc) is 2.70. The highest BCUT2D eigenvalue weighted by Gasteiger charge is 2.29. The van der Waals surface area contributed by atoms with Gasteiger partial charge in [-0.05, 0) is 62.1 Å². The molecule has 0 aromatic heterocycles. The van der Waals surface area contributed by atoms with E-state index in [9.17, 15) is 13.2 Å². The van der Waals surface area contributed by atoms with Crippen molar-refractivity contribution >= 4 is 44.8 Å². The van der Waals surface area contributed by atoms with E-state index < -0.39 is 15.9 Å². The van der Waals surface area contributed by atoms with E-state index in [1.807, 2.05) is 49.4 Å². The smallest absolute Gasteiger partial charge is 0.244 e. The number of sulfonamides is 1. The van der Waals surface area contributed by atoms with E-state index in [1.165, 1.54) is 4.31 Å². The molecule has 3 rings (SSSR count). The molecule has 0 radical (unpaired) electrons. The van der Waals surface area contributed by atoms with Crippen LogP contribution < -0.4 is 5.32 Å². The van der Waals surface area contributed by atoms with E-state index >= 15 is 0 Å². The molecule has 0 aliphatic heterocycles. The first kappa shape index (κ1) is 25.2. The molecule has 1 N–H and O–H groups in total. The van der Waals surface area contributed by atoms with Crippen molar-refractivity contribution in [2.24, 2.45) is 0 Å². The Kier molecular flexibility index (Phi) is 8.19. The highest BCUT2D eigenvalue weighted by atomic mass is 35.5. The molecule has 0 fully saturated rings. The number of halogens is 2. The lowest BCUT2D eigenvalue weighted by atomic mass is 10.1. The normalized spacial score (nSPS) is 11.6. The van der Waals surface area contributed by atoms with Crippen LogP contribution in [0, 0.1) is 20.8 Å². The maximum Gasteiger partial charge on any atom is 0.244 e. The lowest BCUT2D eigenvalue weighted by molar-refractivity contribution is -0.116. The van der Waals surface area contributed by atoms with Gasteiger partial charge in [-0.25, -0.2) is 8.42 Å². The number of hydrogen-bond donors (Lipinski definition) is 1. The summed E-state index contributed by atoms with van der Waals surface area (Å²) >= 11 is 12.0. The zero-order chi connectivity index (χ0) is 24.2. The van der Waals surface area contributed by atoms with E-state index in [0.29, 0.717) is 33.3 Å². The number of carbonyl (C=O) groups is 1. The first-order valence-electron chi connectivity index (χ1n) is 10.4. The van der Waals surface area contributed by atoms with Gasteiger partial charge < -0.3 is 5.32 Å². The van der Waals surface area contributed by atoms with Crippen LogP contribution in [-0.2, 0) is 21.2 Å². The topological polar surface area (TPSA) is 66.5 Å².